The second kappa shape index (κ2) is 6.72. The zero-order valence-electron chi connectivity index (χ0n) is 12.6. The summed E-state index contributed by atoms with van der Waals surface area (Å²) in [5.41, 5.74) is 3.56. The predicted molar refractivity (Wildman–Crippen MR) is 87.2 cm³/mol. The van der Waals surface area contributed by atoms with E-state index in [1.54, 1.807) is 13.0 Å². The van der Waals surface area contributed by atoms with Gasteiger partial charge in [-0.05, 0) is 51.1 Å². The standard InChI is InChI=1S/C17H19ClN2O/c1-4-20(11-15-7-5-6-12(2)19-15)17-9-8-14(13(3)21)10-16(17)18/h5-10H,4,11H2,1-3H3. The molecule has 110 valence electrons. The van der Waals surface area contributed by atoms with Crippen LogP contribution in [0.5, 0.6) is 0 Å². The first kappa shape index (κ1) is 15.5. The Morgan fingerprint density at radius 2 is 2.05 bits per heavy atom. The summed E-state index contributed by atoms with van der Waals surface area (Å²) in [5, 5.41) is 0.595. The highest BCUT2D eigenvalue weighted by molar-refractivity contribution is 6.33. The van der Waals surface area contributed by atoms with Gasteiger partial charge in [-0.3, -0.25) is 9.78 Å². The number of carbonyl (C=O) groups is 1. The first-order valence-corrected chi connectivity index (χ1v) is 7.37. The topological polar surface area (TPSA) is 33.2 Å². The molecule has 0 aliphatic heterocycles. The van der Waals surface area contributed by atoms with E-state index in [9.17, 15) is 4.79 Å². The number of aromatic nitrogens is 1. The number of anilines is 1. The van der Waals surface area contributed by atoms with Crippen LogP contribution in [0.2, 0.25) is 5.02 Å². The van der Waals surface area contributed by atoms with E-state index in [1.165, 1.54) is 0 Å². The van der Waals surface area contributed by atoms with Crippen molar-refractivity contribution in [2.45, 2.75) is 27.3 Å². The number of rotatable bonds is 5. The van der Waals surface area contributed by atoms with Crippen molar-refractivity contribution in [2.24, 2.45) is 0 Å². The maximum Gasteiger partial charge on any atom is 0.159 e. The zero-order valence-corrected chi connectivity index (χ0v) is 13.3. The molecule has 0 unspecified atom stereocenters. The first-order valence-electron chi connectivity index (χ1n) is 6.99. The van der Waals surface area contributed by atoms with E-state index in [1.807, 2.05) is 37.3 Å². The Balaban J connectivity index is 2.27. The van der Waals surface area contributed by atoms with Crippen LogP contribution in [-0.2, 0) is 6.54 Å². The lowest BCUT2D eigenvalue weighted by Gasteiger charge is -2.24. The van der Waals surface area contributed by atoms with Gasteiger partial charge in [0.2, 0.25) is 0 Å². The summed E-state index contributed by atoms with van der Waals surface area (Å²) in [5.74, 6) is 0.0202. The fraction of sp³-hybridized carbons (Fsp3) is 0.294. The van der Waals surface area contributed by atoms with Crippen molar-refractivity contribution in [3.05, 3.63) is 58.4 Å². The predicted octanol–water partition coefficient (Wildman–Crippen LogP) is 4.27. The van der Waals surface area contributed by atoms with E-state index in [-0.39, 0.29) is 5.78 Å². The summed E-state index contributed by atoms with van der Waals surface area (Å²) in [6.07, 6.45) is 0. The number of carbonyl (C=O) groups excluding carboxylic acids is 1. The Labute approximate surface area is 130 Å². The van der Waals surface area contributed by atoms with Crippen molar-refractivity contribution in [3.63, 3.8) is 0 Å². The van der Waals surface area contributed by atoms with Crippen LogP contribution in [0.4, 0.5) is 5.69 Å². The molecule has 0 amide bonds. The van der Waals surface area contributed by atoms with Gasteiger partial charge in [-0.2, -0.15) is 0 Å². The van der Waals surface area contributed by atoms with Crippen LogP contribution in [0.15, 0.2) is 36.4 Å². The number of Topliss-reactive ketones (excluding diaryl/α,β-unsaturated/α-hetero) is 1. The Morgan fingerprint density at radius 1 is 1.29 bits per heavy atom. The Bertz CT molecular complexity index is 655. The molecule has 0 radical (unpaired) electrons. The molecule has 21 heavy (non-hydrogen) atoms. The lowest BCUT2D eigenvalue weighted by atomic mass is 10.1. The van der Waals surface area contributed by atoms with Crippen LogP contribution >= 0.6 is 11.6 Å². The fourth-order valence-electron chi connectivity index (χ4n) is 2.23. The molecular weight excluding hydrogens is 284 g/mol. The maximum absolute atomic E-state index is 11.4. The minimum Gasteiger partial charge on any atom is -0.365 e. The molecule has 2 aromatic rings. The fourth-order valence-corrected chi connectivity index (χ4v) is 2.53. The van der Waals surface area contributed by atoms with Crippen molar-refractivity contribution in [1.29, 1.82) is 0 Å². The summed E-state index contributed by atoms with van der Waals surface area (Å²) in [6.45, 7) is 7.10. The number of pyridine rings is 1. The summed E-state index contributed by atoms with van der Waals surface area (Å²) in [7, 11) is 0. The highest BCUT2D eigenvalue weighted by Crippen LogP contribution is 2.28. The van der Waals surface area contributed by atoms with Crippen LogP contribution in [0.25, 0.3) is 0 Å². The minimum atomic E-state index is 0.0202. The Hall–Kier alpha value is -1.87. The van der Waals surface area contributed by atoms with Gasteiger partial charge in [0.1, 0.15) is 0 Å². The minimum absolute atomic E-state index is 0.0202. The number of nitrogens with zero attached hydrogens (tertiary/aromatic N) is 2. The molecule has 4 heteroatoms. The summed E-state index contributed by atoms with van der Waals surface area (Å²) < 4.78 is 0. The molecule has 1 aromatic carbocycles. The molecule has 0 aliphatic rings. The van der Waals surface area contributed by atoms with E-state index < -0.39 is 0 Å². The average molecular weight is 303 g/mol. The van der Waals surface area contributed by atoms with E-state index >= 15 is 0 Å². The van der Waals surface area contributed by atoms with E-state index in [4.69, 9.17) is 11.6 Å². The third-order valence-electron chi connectivity index (χ3n) is 3.38. The van der Waals surface area contributed by atoms with Crippen LogP contribution in [0, 0.1) is 6.92 Å². The largest absolute Gasteiger partial charge is 0.365 e. The van der Waals surface area contributed by atoms with Crippen molar-refractivity contribution in [1.82, 2.24) is 4.98 Å². The van der Waals surface area contributed by atoms with Gasteiger partial charge in [-0.15, -0.1) is 0 Å². The molecule has 2 rings (SSSR count). The quantitative estimate of drug-likeness (QED) is 0.773. The van der Waals surface area contributed by atoms with Gasteiger partial charge in [0.15, 0.2) is 5.78 Å². The van der Waals surface area contributed by atoms with Gasteiger partial charge >= 0.3 is 0 Å². The van der Waals surface area contributed by atoms with E-state index in [0.29, 0.717) is 17.1 Å². The monoisotopic (exact) mass is 302 g/mol. The normalized spacial score (nSPS) is 10.5. The van der Waals surface area contributed by atoms with Gasteiger partial charge in [0, 0.05) is 17.8 Å². The zero-order chi connectivity index (χ0) is 15.4. The number of benzene rings is 1. The Morgan fingerprint density at radius 3 is 2.62 bits per heavy atom. The number of hydrogen-bond donors (Lipinski definition) is 0. The molecule has 0 aliphatic carbocycles. The van der Waals surface area contributed by atoms with Crippen LogP contribution < -0.4 is 4.90 Å². The third kappa shape index (κ3) is 3.82. The van der Waals surface area contributed by atoms with Crippen LogP contribution in [0.3, 0.4) is 0 Å². The molecule has 0 saturated carbocycles. The van der Waals surface area contributed by atoms with Gasteiger partial charge < -0.3 is 4.90 Å². The second-order valence-electron chi connectivity index (χ2n) is 5.01. The first-order chi connectivity index (χ1) is 10.0. The van der Waals surface area contributed by atoms with Crippen LogP contribution in [-0.4, -0.2) is 17.3 Å². The van der Waals surface area contributed by atoms with Crippen molar-refractivity contribution >= 4 is 23.1 Å². The van der Waals surface area contributed by atoms with Crippen molar-refractivity contribution in [3.8, 4) is 0 Å². The molecule has 3 nitrogen and oxygen atoms in total. The molecule has 0 saturated heterocycles. The summed E-state index contributed by atoms with van der Waals surface area (Å²) >= 11 is 6.33. The highest BCUT2D eigenvalue weighted by Gasteiger charge is 2.12. The van der Waals surface area contributed by atoms with Crippen LogP contribution in [0.1, 0.15) is 35.6 Å². The third-order valence-corrected chi connectivity index (χ3v) is 3.68. The number of aryl methyl sites for hydroxylation is 1. The maximum atomic E-state index is 11.4. The van der Waals surface area contributed by atoms with E-state index in [2.05, 4.69) is 16.8 Å². The number of ketones is 1. The molecule has 1 aromatic heterocycles. The van der Waals surface area contributed by atoms with Crippen molar-refractivity contribution < 1.29 is 4.79 Å². The SMILES string of the molecule is CCN(Cc1cccc(C)n1)c1ccc(C(C)=O)cc1Cl. The average Bonchev–Trinajstić information content (AvgIpc) is 2.45. The summed E-state index contributed by atoms with van der Waals surface area (Å²) in [6, 6.07) is 11.4. The molecule has 0 atom stereocenters. The van der Waals surface area contributed by atoms with E-state index in [0.717, 1.165) is 23.6 Å². The molecule has 1 heterocycles. The van der Waals surface area contributed by atoms with Crippen molar-refractivity contribution in [2.75, 3.05) is 11.4 Å². The lowest BCUT2D eigenvalue weighted by Crippen LogP contribution is -2.23. The lowest BCUT2D eigenvalue weighted by molar-refractivity contribution is 0.101. The number of hydrogen-bond acceptors (Lipinski definition) is 3. The molecule has 0 fully saturated rings. The second-order valence-corrected chi connectivity index (χ2v) is 5.41. The molecule has 0 bridgehead atoms. The van der Waals surface area contributed by atoms with Gasteiger partial charge in [-0.1, -0.05) is 17.7 Å². The molecular formula is C17H19ClN2O. The highest BCUT2D eigenvalue weighted by atomic mass is 35.5. The van der Waals surface area contributed by atoms with Gasteiger partial charge in [0.25, 0.3) is 0 Å². The summed E-state index contributed by atoms with van der Waals surface area (Å²) in [4.78, 5) is 18.1. The van der Waals surface area contributed by atoms with Gasteiger partial charge in [0.05, 0.1) is 22.9 Å². The smallest absolute Gasteiger partial charge is 0.159 e. The number of halogens is 1. The Kier molecular flexibility index (Phi) is 4.97. The molecule has 0 N–H and O–H groups in total. The molecule has 0 spiro atoms. The van der Waals surface area contributed by atoms with Gasteiger partial charge in [-0.25, -0.2) is 0 Å².